The maximum Gasteiger partial charge on any atom is 0.394 e. The van der Waals surface area contributed by atoms with Crippen molar-refractivity contribution in [1.29, 1.82) is 0 Å². The van der Waals surface area contributed by atoms with Gasteiger partial charge in [-0.05, 0) is 48.4 Å². The van der Waals surface area contributed by atoms with Gasteiger partial charge < -0.3 is 16.0 Å². The minimum absolute atomic E-state index is 0.0644. The van der Waals surface area contributed by atoms with Crippen molar-refractivity contribution < 1.29 is 32.3 Å². The van der Waals surface area contributed by atoms with Gasteiger partial charge >= 0.3 is 6.18 Å². The van der Waals surface area contributed by atoms with E-state index in [0.717, 1.165) is 0 Å². The number of amides is 4. The summed E-state index contributed by atoms with van der Waals surface area (Å²) in [6, 6.07) is 3.64. The number of fused-ring (bicyclic) bond motifs is 2. The first-order chi connectivity index (χ1) is 22.0. The first kappa shape index (κ1) is 33.0. The second-order valence-corrected chi connectivity index (χ2v) is 14.9. The molecule has 3 aliphatic rings. The molecule has 3 N–H and O–H groups in total. The molecule has 1 saturated carbocycles. The van der Waals surface area contributed by atoms with Gasteiger partial charge in [-0.25, -0.2) is 0 Å². The number of rotatable bonds is 8. The number of piperidine rings is 1. The SMILES string of the molecule is Cc1cc(CC(F)(F)F)nc(-c2ccnc3cc(CN4C(=O)C5C(C4=O)C5(C)C)sc23)c1C(=O)N1CC[C@H](NC(=O)C(N)C(C)C)C1. The third kappa shape index (κ3) is 6.01. The van der Waals surface area contributed by atoms with Gasteiger partial charge in [-0.2, -0.15) is 13.2 Å². The van der Waals surface area contributed by atoms with Crippen molar-refractivity contribution >= 4 is 45.2 Å². The van der Waals surface area contributed by atoms with Crippen LogP contribution >= 0.6 is 11.3 Å². The van der Waals surface area contributed by atoms with E-state index in [2.05, 4.69) is 15.3 Å². The molecule has 14 heteroatoms. The number of nitrogens with zero attached hydrogens (tertiary/aromatic N) is 4. The summed E-state index contributed by atoms with van der Waals surface area (Å²) in [4.78, 5) is 65.0. The Morgan fingerprint density at radius 3 is 2.49 bits per heavy atom. The Morgan fingerprint density at radius 2 is 1.85 bits per heavy atom. The Bertz CT molecular complexity index is 1780. The van der Waals surface area contributed by atoms with Crippen molar-refractivity contribution in [3.63, 3.8) is 0 Å². The predicted octanol–water partition coefficient (Wildman–Crippen LogP) is 4.23. The maximum absolute atomic E-state index is 14.1. The van der Waals surface area contributed by atoms with E-state index in [4.69, 9.17) is 5.73 Å². The molecule has 3 aromatic rings. The molecular weight excluding hydrogens is 633 g/mol. The van der Waals surface area contributed by atoms with Crippen LogP contribution in [0.1, 0.15) is 60.6 Å². The molecule has 0 radical (unpaired) electrons. The van der Waals surface area contributed by atoms with Crippen LogP contribution in [0, 0.1) is 30.1 Å². The maximum atomic E-state index is 14.1. The van der Waals surface area contributed by atoms with E-state index in [0.29, 0.717) is 39.2 Å². The van der Waals surface area contributed by atoms with Gasteiger partial charge in [-0.15, -0.1) is 11.3 Å². The van der Waals surface area contributed by atoms with E-state index in [1.165, 1.54) is 28.5 Å². The molecular formula is C33H37F3N6O4S. The van der Waals surface area contributed by atoms with Gasteiger partial charge in [0.25, 0.3) is 5.91 Å². The number of alkyl halides is 3. The van der Waals surface area contributed by atoms with E-state index in [-0.39, 0.29) is 77.0 Å². The lowest BCUT2D eigenvalue weighted by Gasteiger charge is -2.22. The number of carbonyl (C=O) groups excluding carboxylic acids is 4. The molecule has 5 heterocycles. The number of carbonyl (C=O) groups is 4. The Morgan fingerprint density at radius 1 is 1.17 bits per heavy atom. The largest absolute Gasteiger partial charge is 0.394 e. The van der Waals surface area contributed by atoms with Crippen molar-refractivity contribution in [2.45, 2.75) is 72.3 Å². The Balaban J connectivity index is 1.33. The topological polar surface area (TPSA) is 139 Å². The highest BCUT2D eigenvalue weighted by Gasteiger charge is 2.72. The number of nitrogens with two attached hydrogens (primary N) is 1. The third-order valence-electron chi connectivity index (χ3n) is 9.63. The second-order valence-electron chi connectivity index (χ2n) is 13.8. The number of pyridine rings is 2. The molecule has 10 nitrogen and oxygen atoms in total. The number of hydrogen-bond donors (Lipinski definition) is 2. The fourth-order valence-electron chi connectivity index (χ4n) is 6.89. The molecule has 4 amide bonds. The lowest BCUT2D eigenvalue weighted by Crippen LogP contribution is -2.48. The average molecular weight is 671 g/mol. The van der Waals surface area contributed by atoms with Gasteiger partial charge in [0.15, 0.2) is 0 Å². The van der Waals surface area contributed by atoms with Crippen molar-refractivity contribution in [2.75, 3.05) is 13.1 Å². The van der Waals surface area contributed by atoms with Crippen LogP contribution in [0.3, 0.4) is 0 Å². The summed E-state index contributed by atoms with van der Waals surface area (Å²) < 4.78 is 41.2. The minimum atomic E-state index is -4.52. The van der Waals surface area contributed by atoms with Gasteiger partial charge in [0, 0.05) is 35.8 Å². The molecule has 47 heavy (non-hydrogen) atoms. The molecule has 1 aliphatic carbocycles. The molecule has 0 aromatic carbocycles. The van der Waals surface area contributed by atoms with Crippen LogP contribution < -0.4 is 11.1 Å². The zero-order valence-corrected chi connectivity index (χ0v) is 27.6. The highest BCUT2D eigenvalue weighted by atomic mass is 32.1. The van der Waals surface area contributed by atoms with Crippen LogP contribution in [0.25, 0.3) is 21.5 Å². The molecule has 0 bridgehead atoms. The lowest BCUT2D eigenvalue weighted by molar-refractivity contribution is -0.143. The van der Waals surface area contributed by atoms with Crippen LogP contribution in [0.5, 0.6) is 0 Å². The van der Waals surface area contributed by atoms with Crippen molar-refractivity contribution in [2.24, 2.45) is 28.9 Å². The first-order valence-corrected chi connectivity index (χ1v) is 16.4. The van der Waals surface area contributed by atoms with E-state index < -0.39 is 24.5 Å². The van der Waals surface area contributed by atoms with Crippen LogP contribution in [-0.2, 0) is 27.3 Å². The average Bonchev–Trinajstić information content (AvgIpc) is 3.38. The Hall–Kier alpha value is -3.91. The number of thiophene rings is 1. The summed E-state index contributed by atoms with van der Waals surface area (Å²) in [6.45, 7) is 9.70. The smallest absolute Gasteiger partial charge is 0.350 e. The van der Waals surface area contributed by atoms with Gasteiger partial charge in [-0.3, -0.25) is 34.0 Å². The number of hydrogen-bond acceptors (Lipinski definition) is 8. The van der Waals surface area contributed by atoms with Crippen molar-refractivity contribution in [3.8, 4) is 11.3 Å². The highest BCUT2D eigenvalue weighted by Crippen LogP contribution is 2.63. The molecule has 3 fully saturated rings. The zero-order valence-electron chi connectivity index (χ0n) is 26.8. The molecule has 2 saturated heterocycles. The number of likely N-dealkylation sites (tertiary alicyclic amines) is 2. The molecule has 250 valence electrons. The van der Waals surface area contributed by atoms with Crippen LogP contribution in [0.2, 0.25) is 0 Å². The fourth-order valence-corrected chi connectivity index (χ4v) is 8.01. The fraction of sp³-hybridized carbons (Fsp3) is 0.515. The van der Waals surface area contributed by atoms with E-state index >= 15 is 0 Å². The number of halogens is 3. The first-order valence-electron chi connectivity index (χ1n) is 15.6. The summed E-state index contributed by atoms with van der Waals surface area (Å²) in [5.41, 5.74) is 6.96. The van der Waals surface area contributed by atoms with E-state index in [1.54, 1.807) is 24.0 Å². The van der Waals surface area contributed by atoms with Gasteiger partial charge in [0.05, 0.1) is 58.0 Å². The predicted molar refractivity (Wildman–Crippen MR) is 169 cm³/mol. The van der Waals surface area contributed by atoms with Crippen LogP contribution in [0.4, 0.5) is 13.2 Å². The monoisotopic (exact) mass is 670 g/mol. The van der Waals surface area contributed by atoms with Crippen LogP contribution in [0.15, 0.2) is 24.4 Å². The van der Waals surface area contributed by atoms with E-state index in [1.807, 2.05) is 27.7 Å². The summed E-state index contributed by atoms with van der Waals surface area (Å²) in [6.07, 6.45) is -3.80. The molecule has 0 spiro atoms. The summed E-state index contributed by atoms with van der Waals surface area (Å²) in [5.74, 6) is -1.82. The third-order valence-corrected chi connectivity index (χ3v) is 10.8. The zero-order chi connectivity index (χ0) is 34.2. The highest BCUT2D eigenvalue weighted by molar-refractivity contribution is 7.19. The molecule has 4 atom stereocenters. The van der Waals surface area contributed by atoms with Crippen LogP contribution in [-0.4, -0.2) is 74.7 Å². The van der Waals surface area contributed by atoms with Gasteiger partial charge in [0.2, 0.25) is 17.7 Å². The standard InChI is InChI=1S/C33H37F3N6O4S/c1-15(2)25(37)28(43)40-17-7-9-41(13-17)29(44)22-16(3)10-18(12-33(34,35)36)39-26(22)20-6-8-38-21-11-19(47-27(20)21)14-42-30(45)23-24(31(42)46)32(23,4)5/h6,8,10-11,15,17,23-25H,7,9,12-14,37H2,1-5H3,(H,40,43)/t17-,23?,24?,25?/m0/s1. The van der Waals surface area contributed by atoms with Gasteiger partial charge in [-0.1, -0.05) is 27.7 Å². The normalized spacial score (nSPS) is 22.7. The molecule has 3 aromatic heterocycles. The van der Waals surface area contributed by atoms with Crippen molar-refractivity contribution in [1.82, 2.24) is 25.1 Å². The quantitative estimate of drug-likeness (QED) is 0.342. The molecule has 2 aliphatic heterocycles. The Kier molecular flexibility index (Phi) is 8.18. The number of nitrogens with one attached hydrogen (secondary N) is 1. The van der Waals surface area contributed by atoms with E-state index in [9.17, 15) is 32.3 Å². The second kappa shape index (κ2) is 11.7. The van der Waals surface area contributed by atoms with Crippen molar-refractivity contribution in [3.05, 3.63) is 46.1 Å². The van der Waals surface area contributed by atoms with Gasteiger partial charge in [0.1, 0.15) is 0 Å². The molecule has 6 rings (SSSR count). The Labute approximate surface area is 273 Å². The molecule has 3 unspecified atom stereocenters. The number of aromatic nitrogens is 2. The lowest BCUT2D eigenvalue weighted by atomic mass is 9.99. The summed E-state index contributed by atoms with van der Waals surface area (Å²) in [7, 11) is 0. The summed E-state index contributed by atoms with van der Waals surface area (Å²) >= 11 is 1.26. The number of imide groups is 1. The minimum Gasteiger partial charge on any atom is -0.350 e. The summed E-state index contributed by atoms with van der Waals surface area (Å²) in [5, 5.41) is 2.91. The number of aryl methyl sites for hydroxylation is 1.